The van der Waals surface area contributed by atoms with Crippen LogP contribution in [0.15, 0.2) is 24.3 Å². The van der Waals surface area contributed by atoms with E-state index in [9.17, 15) is 4.79 Å². The van der Waals surface area contributed by atoms with Gasteiger partial charge >= 0.3 is 0 Å². The molecule has 0 atom stereocenters. The monoisotopic (exact) mass is 252 g/mol. The fourth-order valence-corrected chi connectivity index (χ4v) is 2.85. The minimum atomic E-state index is 0.265. The van der Waals surface area contributed by atoms with Crippen molar-refractivity contribution in [1.82, 2.24) is 4.98 Å². The average molecular weight is 252 g/mol. The van der Waals surface area contributed by atoms with Crippen molar-refractivity contribution >= 4 is 22.6 Å². The quantitative estimate of drug-likeness (QED) is 0.782. The second kappa shape index (κ2) is 3.80. The third-order valence-electron chi connectivity index (χ3n) is 4.08. The van der Waals surface area contributed by atoms with E-state index in [0.717, 1.165) is 37.1 Å². The van der Waals surface area contributed by atoms with Crippen molar-refractivity contribution < 1.29 is 4.79 Å². The first-order valence-corrected chi connectivity index (χ1v) is 6.94. The molecular formula is C16H16N2O. The molecule has 1 aliphatic heterocycles. The predicted octanol–water partition coefficient (Wildman–Crippen LogP) is 2.84. The summed E-state index contributed by atoms with van der Waals surface area (Å²) in [6.07, 6.45) is 3.04. The third-order valence-corrected chi connectivity index (χ3v) is 4.08. The normalized spacial score (nSPS) is 17.8. The van der Waals surface area contributed by atoms with E-state index in [1.54, 1.807) is 0 Å². The molecule has 1 saturated carbocycles. The number of amides is 1. The van der Waals surface area contributed by atoms with Crippen LogP contribution in [0.2, 0.25) is 0 Å². The standard InChI is InChI=1S/C16H16N2O/c1-10-2-5-14-13(8-10)9-12-6-7-18(15(12)17-14)16(19)11-3-4-11/h2,5,8-9,11H,3-4,6-7H2,1H3. The van der Waals surface area contributed by atoms with Crippen molar-refractivity contribution in [2.24, 2.45) is 5.92 Å². The van der Waals surface area contributed by atoms with Gasteiger partial charge in [-0.25, -0.2) is 4.98 Å². The number of rotatable bonds is 1. The molecule has 2 heterocycles. The van der Waals surface area contributed by atoms with E-state index in [4.69, 9.17) is 4.98 Å². The largest absolute Gasteiger partial charge is 0.296 e. The summed E-state index contributed by atoms with van der Waals surface area (Å²) in [5.41, 5.74) is 3.45. The number of aryl methyl sites for hydroxylation is 1. The van der Waals surface area contributed by atoms with Crippen LogP contribution < -0.4 is 4.90 Å². The van der Waals surface area contributed by atoms with Crippen molar-refractivity contribution in [2.75, 3.05) is 11.4 Å². The number of carbonyl (C=O) groups is 1. The lowest BCUT2D eigenvalue weighted by Gasteiger charge is -2.16. The molecule has 96 valence electrons. The molecule has 3 nitrogen and oxygen atoms in total. The van der Waals surface area contributed by atoms with Crippen molar-refractivity contribution in [1.29, 1.82) is 0 Å². The average Bonchev–Trinajstić information content (AvgIpc) is 3.17. The molecule has 0 spiro atoms. The van der Waals surface area contributed by atoms with E-state index in [1.165, 1.54) is 16.5 Å². The van der Waals surface area contributed by atoms with Gasteiger partial charge < -0.3 is 0 Å². The lowest BCUT2D eigenvalue weighted by Crippen LogP contribution is -2.30. The Labute approximate surface area is 112 Å². The first-order valence-electron chi connectivity index (χ1n) is 6.94. The number of hydrogen-bond donors (Lipinski definition) is 0. The smallest absolute Gasteiger partial charge is 0.231 e. The third kappa shape index (κ3) is 1.72. The zero-order chi connectivity index (χ0) is 13.0. The van der Waals surface area contributed by atoms with Crippen LogP contribution in [0.5, 0.6) is 0 Å². The highest BCUT2D eigenvalue weighted by molar-refractivity contribution is 5.98. The number of aromatic nitrogens is 1. The van der Waals surface area contributed by atoms with Gasteiger partial charge in [0.05, 0.1) is 5.52 Å². The Morgan fingerprint density at radius 2 is 2.16 bits per heavy atom. The molecule has 1 aromatic carbocycles. The Kier molecular flexibility index (Phi) is 2.19. The van der Waals surface area contributed by atoms with Crippen LogP contribution in [0.1, 0.15) is 24.0 Å². The molecule has 1 fully saturated rings. The van der Waals surface area contributed by atoms with Gasteiger partial charge in [0.15, 0.2) is 0 Å². The molecule has 3 heteroatoms. The lowest BCUT2D eigenvalue weighted by atomic mass is 10.1. The molecule has 0 bridgehead atoms. The summed E-state index contributed by atoms with van der Waals surface area (Å²) in [6, 6.07) is 8.48. The van der Waals surface area contributed by atoms with Crippen molar-refractivity contribution in [3.8, 4) is 0 Å². The molecule has 1 aliphatic carbocycles. The predicted molar refractivity (Wildman–Crippen MR) is 75.3 cm³/mol. The van der Waals surface area contributed by atoms with E-state index < -0.39 is 0 Å². The first kappa shape index (κ1) is 11.0. The molecule has 0 radical (unpaired) electrons. The lowest BCUT2D eigenvalue weighted by molar-refractivity contribution is -0.119. The number of carbonyl (C=O) groups excluding carboxylic acids is 1. The first-order chi connectivity index (χ1) is 9.22. The number of hydrogen-bond acceptors (Lipinski definition) is 2. The molecule has 1 amide bonds. The zero-order valence-corrected chi connectivity index (χ0v) is 11.0. The Balaban J connectivity index is 1.82. The van der Waals surface area contributed by atoms with Gasteiger partial charge in [-0.05, 0) is 49.9 Å². The Morgan fingerprint density at radius 3 is 2.95 bits per heavy atom. The number of fused-ring (bicyclic) bond motifs is 2. The van der Waals surface area contributed by atoms with Gasteiger partial charge in [0, 0.05) is 17.8 Å². The van der Waals surface area contributed by atoms with Gasteiger partial charge in [-0.1, -0.05) is 11.6 Å². The maximum absolute atomic E-state index is 12.2. The Bertz CT molecular complexity index is 688. The van der Waals surface area contributed by atoms with Crippen molar-refractivity contribution in [2.45, 2.75) is 26.2 Å². The van der Waals surface area contributed by atoms with Gasteiger partial charge in [0.25, 0.3) is 0 Å². The van der Waals surface area contributed by atoms with Crippen LogP contribution in [0, 0.1) is 12.8 Å². The fraction of sp³-hybridized carbons (Fsp3) is 0.375. The number of benzene rings is 1. The maximum atomic E-state index is 12.2. The van der Waals surface area contributed by atoms with E-state index in [0.29, 0.717) is 0 Å². The molecule has 0 saturated heterocycles. The van der Waals surface area contributed by atoms with Gasteiger partial charge in [-0.15, -0.1) is 0 Å². The summed E-state index contributed by atoms with van der Waals surface area (Å²) in [6.45, 7) is 2.89. The summed E-state index contributed by atoms with van der Waals surface area (Å²) >= 11 is 0. The van der Waals surface area contributed by atoms with E-state index >= 15 is 0 Å². The minimum Gasteiger partial charge on any atom is -0.296 e. The molecule has 0 N–H and O–H groups in total. The molecule has 19 heavy (non-hydrogen) atoms. The summed E-state index contributed by atoms with van der Waals surface area (Å²) in [7, 11) is 0. The highest BCUT2D eigenvalue weighted by Crippen LogP contribution is 2.36. The minimum absolute atomic E-state index is 0.265. The van der Waals surface area contributed by atoms with Crippen LogP contribution in [-0.4, -0.2) is 17.4 Å². The number of anilines is 1. The number of nitrogens with zero attached hydrogens (tertiary/aromatic N) is 2. The summed E-state index contributed by atoms with van der Waals surface area (Å²) in [5, 5.41) is 1.18. The molecule has 0 unspecified atom stereocenters. The van der Waals surface area contributed by atoms with Crippen LogP contribution in [0.4, 0.5) is 5.82 Å². The zero-order valence-electron chi connectivity index (χ0n) is 11.0. The van der Waals surface area contributed by atoms with Gasteiger partial charge in [0.1, 0.15) is 5.82 Å². The van der Waals surface area contributed by atoms with Crippen LogP contribution in [0.3, 0.4) is 0 Å². The molecule has 2 aliphatic rings. The van der Waals surface area contributed by atoms with Crippen LogP contribution in [-0.2, 0) is 11.2 Å². The van der Waals surface area contributed by atoms with Crippen molar-refractivity contribution in [3.63, 3.8) is 0 Å². The SMILES string of the molecule is Cc1ccc2nc3c(cc2c1)CCN3C(=O)C1CC1. The second-order valence-corrected chi connectivity index (χ2v) is 5.68. The summed E-state index contributed by atoms with van der Waals surface area (Å²) in [5.74, 6) is 1.44. The molecule has 4 rings (SSSR count). The van der Waals surface area contributed by atoms with Gasteiger partial charge in [-0.2, -0.15) is 0 Å². The summed E-state index contributed by atoms with van der Waals surface area (Å²) in [4.78, 5) is 18.9. The van der Waals surface area contributed by atoms with E-state index in [-0.39, 0.29) is 11.8 Å². The topological polar surface area (TPSA) is 33.2 Å². The van der Waals surface area contributed by atoms with E-state index in [1.807, 2.05) is 11.0 Å². The highest BCUT2D eigenvalue weighted by atomic mass is 16.2. The van der Waals surface area contributed by atoms with Crippen molar-refractivity contribution in [3.05, 3.63) is 35.4 Å². The van der Waals surface area contributed by atoms with Gasteiger partial charge in [-0.3, -0.25) is 9.69 Å². The van der Waals surface area contributed by atoms with Crippen LogP contribution >= 0.6 is 0 Å². The van der Waals surface area contributed by atoms with Crippen LogP contribution in [0.25, 0.3) is 10.9 Å². The molecule has 1 aromatic heterocycles. The number of pyridine rings is 1. The maximum Gasteiger partial charge on any atom is 0.231 e. The fourth-order valence-electron chi connectivity index (χ4n) is 2.85. The molecule has 2 aromatic rings. The summed E-state index contributed by atoms with van der Waals surface area (Å²) < 4.78 is 0. The van der Waals surface area contributed by atoms with E-state index in [2.05, 4.69) is 25.1 Å². The Hall–Kier alpha value is -1.90. The second-order valence-electron chi connectivity index (χ2n) is 5.68. The highest BCUT2D eigenvalue weighted by Gasteiger charge is 2.37. The molecular weight excluding hydrogens is 236 g/mol. The Morgan fingerprint density at radius 1 is 1.32 bits per heavy atom. The van der Waals surface area contributed by atoms with Gasteiger partial charge in [0.2, 0.25) is 5.91 Å².